The van der Waals surface area contributed by atoms with E-state index in [9.17, 15) is 4.39 Å². The summed E-state index contributed by atoms with van der Waals surface area (Å²) in [6.07, 6.45) is 1.75. The second kappa shape index (κ2) is 9.28. The molecule has 0 spiro atoms. The fourth-order valence-electron chi connectivity index (χ4n) is 2.93. The van der Waals surface area contributed by atoms with Crippen LogP contribution in [0, 0.1) is 5.82 Å². The summed E-state index contributed by atoms with van der Waals surface area (Å²) in [6.45, 7) is 4.41. The maximum atomic E-state index is 13.8. The molecule has 0 saturated heterocycles. The van der Waals surface area contributed by atoms with Gasteiger partial charge in [0.25, 0.3) is 0 Å². The van der Waals surface area contributed by atoms with Gasteiger partial charge in [-0.3, -0.25) is 4.57 Å². The SMILES string of the molecule is C=CCn1c(COc2ccccc2F)nnc1SCc1cc2ccccc2nc1Cl. The van der Waals surface area contributed by atoms with Crippen LogP contribution in [-0.2, 0) is 18.9 Å². The summed E-state index contributed by atoms with van der Waals surface area (Å²) >= 11 is 7.86. The second-order valence-electron chi connectivity index (χ2n) is 6.44. The molecule has 2 heterocycles. The van der Waals surface area contributed by atoms with E-state index in [1.165, 1.54) is 17.8 Å². The number of hydrogen-bond acceptors (Lipinski definition) is 5. The van der Waals surface area contributed by atoms with Gasteiger partial charge >= 0.3 is 0 Å². The van der Waals surface area contributed by atoms with Crippen LogP contribution in [0.2, 0.25) is 5.15 Å². The molecule has 152 valence electrons. The van der Waals surface area contributed by atoms with E-state index in [1.54, 1.807) is 24.3 Å². The largest absolute Gasteiger partial charge is 0.483 e. The first kappa shape index (κ1) is 20.4. The molecule has 0 fully saturated rings. The molecule has 2 aromatic carbocycles. The lowest BCUT2D eigenvalue weighted by molar-refractivity contribution is 0.275. The number of fused-ring (bicyclic) bond motifs is 1. The number of halogens is 2. The van der Waals surface area contributed by atoms with Crippen LogP contribution in [0.25, 0.3) is 10.9 Å². The molecule has 4 aromatic rings. The zero-order valence-corrected chi connectivity index (χ0v) is 17.5. The Kier molecular flexibility index (Phi) is 6.30. The summed E-state index contributed by atoms with van der Waals surface area (Å²) < 4.78 is 21.3. The quantitative estimate of drug-likeness (QED) is 0.200. The van der Waals surface area contributed by atoms with Gasteiger partial charge in [-0.15, -0.1) is 16.8 Å². The van der Waals surface area contributed by atoms with Crippen molar-refractivity contribution in [3.63, 3.8) is 0 Å². The van der Waals surface area contributed by atoms with Gasteiger partial charge in [-0.25, -0.2) is 9.37 Å². The average Bonchev–Trinajstić information content (AvgIpc) is 3.13. The Bertz CT molecular complexity index is 1200. The van der Waals surface area contributed by atoms with E-state index in [1.807, 2.05) is 34.9 Å². The number of aromatic nitrogens is 4. The molecule has 0 radical (unpaired) electrons. The Morgan fingerprint density at radius 1 is 1.13 bits per heavy atom. The van der Waals surface area contributed by atoms with Crippen LogP contribution >= 0.6 is 23.4 Å². The number of nitrogens with zero attached hydrogens (tertiary/aromatic N) is 4. The van der Waals surface area contributed by atoms with Crippen LogP contribution < -0.4 is 4.74 Å². The normalized spacial score (nSPS) is 11.0. The van der Waals surface area contributed by atoms with E-state index in [-0.39, 0.29) is 12.4 Å². The summed E-state index contributed by atoms with van der Waals surface area (Å²) in [5.74, 6) is 0.928. The molecule has 2 aromatic heterocycles. The Hall–Kier alpha value is -2.90. The molecule has 0 unspecified atom stereocenters. The molecular formula is C22H18ClFN4OS. The van der Waals surface area contributed by atoms with E-state index in [0.29, 0.717) is 28.4 Å². The van der Waals surface area contributed by atoms with E-state index < -0.39 is 5.82 Å². The van der Waals surface area contributed by atoms with Crippen LogP contribution in [0.5, 0.6) is 5.75 Å². The summed E-state index contributed by atoms with van der Waals surface area (Å²) in [5, 5.41) is 10.7. The number of para-hydroxylation sites is 2. The average molecular weight is 441 g/mol. The van der Waals surface area contributed by atoms with Gasteiger partial charge in [0, 0.05) is 23.2 Å². The molecule has 0 N–H and O–H groups in total. The van der Waals surface area contributed by atoms with Crippen molar-refractivity contribution in [3.8, 4) is 5.75 Å². The van der Waals surface area contributed by atoms with Crippen molar-refractivity contribution in [3.05, 3.63) is 89.6 Å². The lowest BCUT2D eigenvalue weighted by Gasteiger charge is -2.10. The Morgan fingerprint density at radius 2 is 1.93 bits per heavy atom. The standard InChI is InChI=1S/C22H18ClFN4OS/c1-2-11-28-20(13-29-19-10-6-4-8-17(19)24)26-27-22(28)30-14-16-12-15-7-3-5-9-18(15)25-21(16)23/h2-10,12H,1,11,13-14H2. The van der Waals surface area contributed by atoms with E-state index in [0.717, 1.165) is 16.5 Å². The van der Waals surface area contributed by atoms with Crippen molar-refractivity contribution in [1.29, 1.82) is 0 Å². The first-order chi connectivity index (χ1) is 14.7. The molecule has 5 nitrogen and oxygen atoms in total. The third kappa shape index (κ3) is 4.47. The number of allylic oxidation sites excluding steroid dienone is 1. The monoisotopic (exact) mass is 440 g/mol. The Morgan fingerprint density at radius 3 is 2.77 bits per heavy atom. The molecule has 4 rings (SSSR count). The molecule has 0 atom stereocenters. The van der Waals surface area contributed by atoms with Crippen molar-refractivity contribution >= 4 is 34.3 Å². The smallest absolute Gasteiger partial charge is 0.191 e. The van der Waals surface area contributed by atoms with E-state index in [4.69, 9.17) is 16.3 Å². The predicted molar refractivity (Wildman–Crippen MR) is 117 cm³/mol. The van der Waals surface area contributed by atoms with Gasteiger partial charge in [0.05, 0.1) is 5.52 Å². The van der Waals surface area contributed by atoms with Gasteiger partial charge in [0.1, 0.15) is 11.8 Å². The molecule has 30 heavy (non-hydrogen) atoms. The predicted octanol–water partition coefficient (Wildman–Crippen LogP) is 5.68. The third-order valence-corrected chi connectivity index (χ3v) is 5.75. The molecule has 0 saturated carbocycles. The minimum atomic E-state index is -0.416. The number of benzene rings is 2. The minimum absolute atomic E-state index is 0.0978. The summed E-state index contributed by atoms with van der Waals surface area (Å²) in [6, 6.07) is 16.1. The highest BCUT2D eigenvalue weighted by Gasteiger charge is 2.15. The van der Waals surface area contributed by atoms with Crippen LogP contribution in [0.1, 0.15) is 11.4 Å². The second-order valence-corrected chi connectivity index (χ2v) is 7.74. The molecule has 0 aliphatic heterocycles. The molecule has 8 heteroatoms. The van der Waals surface area contributed by atoms with Gasteiger partial charge in [0.15, 0.2) is 22.5 Å². The topological polar surface area (TPSA) is 52.8 Å². The van der Waals surface area contributed by atoms with Gasteiger partial charge in [-0.05, 0) is 24.3 Å². The number of hydrogen-bond donors (Lipinski definition) is 0. The highest BCUT2D eigenvalue weighted by atomic mass is 35.5. The van der Waals surface area contributed by atoms with Crippen LogP contribution in [0.4, 0.5) is 4.39 Å². The molecular weight excluding hydrogens is 423 g/mol. The Balaban J connectivity index is 1.51. The molecule has 0 amide bonds. The number of rotatable bonds is 8. The lowest BCUT2D eigenvalue weighted by Crippen LogP contribution is -2.08. The van der Waals surface area contributed by atoms with E-state index >= 15 is 0 Å². The van der Waals surface area contributed by atoms with Crippen LogP contribution in [0.15, 0.2) is 72.4 Å². The summed E-state index contributed by atoms with van der Waals surface area (Å²) in [5.41, 5.74) is 1.77. The highest BCUT2D eigenvalue weighted by Crippen LogP contribution is 2.28. The third-order valence-electron chi connectivity index (χ3n) is 4.41. The zero-order valence-electron chi connectivity index (χ0n) is 16.0. The zero-order chi connectivity index (χ0) is 20.9. The van der Waals surface area contributed by atoms with Gasteiger partial charge in [0.2, 0.25) is 0 Å². The first-order valence-corrected chi connectivity index (χ1v) is 10.6. The summed E-state index contributed by atoms with van der Waals surface area (Å²) in [7, 11) is 0. The highest BCUT2D eigenvalue weighted by molar-refractivity contribution is 7.98. The number of ether oxygens (including phenoxy) is 1. The number of thioether (sulfide) groups is 1. The molecule has 0 aliphatic carbocycles. The van der Waals surface area contributed by atoms with E-state index in [2.05, 4.69) is 21.8 Å². The fraction of sp³-hybridized carbons (Fsp3) is 0.136. The Labute approximate surface area is 182 Å². The minimum Gasteiger partial charge on any atom is -0.483 e. The van der Waals surface area contributed by atoms with Crippen LogP contribution in [0.3, 0.4) is 0 Å². The van der Waals surface area contributed by atoms with Crippen molar-refractivity contribution in [2.45, 2.75) is 24.1 Å². The first-order valence-electron chi connectivity index (χ1n) is 9.23. The van der Waals surface area contributed by atoms with Crippen molar-refractivity contribution < 1.29 is 9.13 Å². The van der Waals surface area contributed by atoms with Gasteiger partial charge in [-0.2, -0.15) is 0 Å². The van der Waals surface area contributed by atoms with Crippen molar-refractivity contribution in [1.82, 2.24) is 19.7 Å². The lowest BCUT2D eigenvalue weighted by atomic mass is 10.2. The van der Waals surface area contributed by atoms with Crippen LogP contribution in [-0.4, -0.2) is 19.7 Å². The van der Waals surface area contributed by atoms with Crippen molar-refractivity contribution in [2.24, 2.45) is 0 Å². The fourth-order valence-corrected chi connectivity index (χ4v) is 4.16. The maximum Gasteiger partial charge on any atom is 0.191 e. The molecule has 0 bridgehead atoms. The summed E-state index contributed by atoms with van der Waals surface area (Å²) in [4.78, 5) is 4.46. The maximum absolute atomic E-state index is 13.8. The van der Waals surface area contributed by atoms with Crippen molar-refractivity contribution in [2.75, 3.05) is 0 Å². The van der Waals surface area contributed by atoms with Gasteiger partial charge in [-0.1, -0.05) is 59.8 Å². The van der Waals surface area contributed by atoms with Gasteiger partial charge < -0.3 is 4.74 Å². The number of pyridine rings is 1. The molecule has 0 aliphatic rings.